The Labute approximate surface area is 171 Å². The molecule has 0 saturated carbocycles. The first kappa shape index (κ1) is 26.6. The fourth-order valence-electron chi connectivity index (χ4n) is 2.38. The molecule has 0 aromatic carbocycles. The van der Waals surface area contributed by atoms with E-state index in [-0.39, 0.29) is 5.91 Å². The Bertz CT molecular complexity index is 605. The monoisotopic (exact) mass is 417 g/mol. The maximum Gasteiger partial charge on any atom is 0.251 e. The summed E-state index contributed by atoms with van der Waals surface area (Å²) in [7, 11) is 4.15. The number of sulfonamides is 1. The predicted octanol–water partition coefficient (Wildman–Crippen LogP) is 0.317. The second-order valence-electron chi connectivity index (χ2n) is 7.04. The molecule has 0 fully saturated rings. The van der Waals surface area contributed by atoms with Crippen molar-refractivity contribution in [3.05, 3.63) is 23.9 Å². The summed E-state index contributed by atoms with van der Waals surface area (Å²) in [6, 6.07) is 0. The highest BCUT2D eigenvalue weighted by molar-refractivity contribution is 7.88. The Hall–Kier alpha value is -1.42. The standard InChI is InChI=1S/C19H39N5O3S/c1-7-13-22(3)14-8-11-21-19(25)18(9-12-20-2)10-15-23(4)16-17-24(5)28(6,26)27/h9-10,12,20H,7-8,11,13-17H2,1-6H3,(H,21,25)/b12-9-,18-10+. The van der Waals surface area contributed by atoms with Crippen molar-refractivity contribution in [2.45, 2.75) is 19.8 Å². The summed E-state index contributed by atoms with van der Waals surface area (Å²) in [5.74, 6) is -0.105. The molecular weight excluding hydrogens is 378 g/mol. The molecule has 9 heteroatoms. The van der Waals surface area contributed by atoms with Crippen LogP contribution in [0.1, 0.15) is 19.8 Å². The van der Waals surface area contributed by atoms with E-state index in [0.29, 0.717) is 31.8 Å². The zero-order valence-corrected chi connectivity index (χ0v) is 19.2. The van der Waals surface area contributed by atoms with Gasteiger partial charge in [-0.05, 0) is 52.3 Å². The van der Waals surface area contributed by atoms with Gasteiger partial charge in [-0.15, -0.1) is 0 Å². The molecule has 0 aromatic rings. The van der Waals surface area contributed by atoms with Crippen LogP contribution in [0.3, 0.4) is 0 Å². The average Bonchev–Trinajstić information content (AvgIpc) is 2.62. The molecule has 8 nitrogen and oxygen atoms in total. The molecule has 28 heavy (non-hydrogen) atoms. The molecule has 0 aliphatic carbocycles. The normalized spacial score (nSPS) is 13.1. The molecule has 0 saturated heterocycles. The van der Waals surface area contributed by atoms with Gasteiger partial charge in [0.15, 0.2) is 0 Å². The molecule has 0 heterocycles. The van der Waals surface area contributed by atoms with Gasteiger partial charge in [0.1, 0.15) is 0 Å². The van der Waals surface area contributed by atoms with Crippen LogP contribution in [-0.4, -0.2) is 102 Å². The average molecular weight is 418 g/mol. The number of carbonyl (C=O) groups is 1. The minimum absolute atomic E-state index is 0.105. The molecule has 0 unspecified atom stereocenters. The lowest BCUT2D eigenvalue weighted by Crippen LogP contribution is -2.34. The molecule has 0 atom stereocenters. The quantitative estimate of drug-likeness (QED) is 0.227. The Morgan fingerprint density at radius 2 is 1.71 bits per heavy atom. The van der Waals surface area contributed by atoms with Crippen LogP contribution in [0.2, 0.25) is 0 Å². The van der Waals surface area contributed by atoms with Gasteiger partial charge in [0.2, 0.25) is 10.0 Å². The molecule has 0 aliphatic heterocycles. The van der Waals surface area contributed by atoms with Crippen molar-refractivity contribution in [1.82, 2.24) is 24.7 Å². The summed E-state index contributed by atoms with van der Waals surface area (Å²) in [6.45, 7) is 6.33. The molecule has 0 rings (SSSR count). The van der Waals surface area contributed by atoms with Gasteiger partial charge in [0.25, 0.3) is 5.91 Å². The molecule has 0 spiro atoms. The molecule has 0 aromatic heterocycles. The van der Waals surface area contributed by atoms with E-state index in [4.69, 9.17) is 0 Å². The fraction of sp³-hybridized carbons (Fsp3) is 0.737. The van der Waals surface area contributed by atoms with Crippen LogP contribution in [0.15, 0.2) is 23.9 Å². The lowest BCUT2D eigenvalue weighted by atomic mass is 10.2. The Morgan fingerprint density at radius 3 is 2.29 bits per heavy atom. The summed E-state index contributed by atoms with van der Waals surface area (Å²) in [4.78, 5) is 16.7. The second kappa shape index (κ2) is 14.6. The lowest BCUT2D eigenvalue weighted by Gasteiger charge is -2.19. The third-order valence-electron chi connectivity index (χ3n) is 4.28. The van der Waals surface area contributed by atoms with Crippen LogP contribution in [-0.2, 0) is 14.8 Å². The van der Waals surface area contributed by atoms with Crippen molar-refractivity contribution in [3.8, 4) is 0 Å². The van der Waals surface area contributed by atoms with Crippen molar-refractivity contribution >= 4 is 15.9 Å². The van der Waals surface area contributed by atoms with Gasteiger partial charge in [-0.1, -0.05) is 13.0 Å². The maximum atomic E-state index is 12.5. The van der Waals surface area contributed by atoms with Crippen LogP contribution in [0.25, 0.3) is 0 Å². The van der Waals surface area contributed by atoms with Gasteiger partial charge >= 0.3 is 0 Å². The van der Waals surface area contributed by atoms with Gasteiger partial charge in [-0.2, -0.15) is 0 Å². The summed E-state index contributed by atoms with van der Waals surface area (Å²) < 4.78 is 24.2. The van der Waals surface area contributed by atoms with E-state index in [9.17, 15) is 13.2 Å². The van der Waals surface area contributed by atoms with Crippen molar-refractivity contribution in [3.63, 3.8) is 0 Å². The Morgan fingerprint density at radius 1 is 1.04 bits per heavy atom. The van der Waals surface area contributed by atoms with Crippen molar-refractivity contribution < 1.29 is 13.2 Å². The summed E-state index contributed by atoms with van der Waals surface area (Å²) in [6.07, 6.45) is 8.54. The van der Waals surface area contributed by atoms with Crippen molar-refractivity contribution in [2.24, 2.45) is 0 Å². The van der Waals surface area contributed by atoms with Crippen LogP contribution < -0.4 is 10.6 Å². The number of hydrogen-bond donors (Lipinski definition) is 2. The number of hydrogen-bond acceptors (Lipinski definition) is 6. The molecule has 164 valence electrons. The van der Waals surface area contributed by atoms with Crippen LogP contribution >= 0.6 is 0 Å². The summed E-state index contributed by atoms with van der Waals surface area (Å²) in [5, 5.41) is 5.86. The Kier molecular flexibility index (Phi) is 13.8. The molecule has 0 radical (unpaired) electrons. The van der Waals surface area contributed by atoms with Crippen LogP contribution in [0, 0.1) is 0 Å². The minimum atomic E-state index is -3.17. The SMILES string of the molecule is CCCN(C)CCCNC(=O)C(/C=C\NC)=C/CN(C)CCN(C)S(C)(=O)=O. The second-order valence-corrected chi connectivity index (χ2v) is 9.13. The van der Waals surface area contributed by atoms with Gasteiger partial charge in [0, 0.05) is 45.8 Å². The first-order chi connectivity index (χ1) is 13.1. The van der Waals surface area contributed by atoms with E-state index in [2.05, 4.69) is 29.5 Å². The van der Waals surface area contributed by atoms with E-state index >= 15 is 0 Å². The number of carbonyl (C=O) groups excluding carboxylic acids is 1. The molecule has 0 aliphatic rings. The first-order valence-corrected chi connectivity index (χ1v) is 11.6. The third-order valence-corrected chi connectivity index (χ3v) is 5.60. The number of amides is 1. The fourth-order valence-corrected chi connectivity index (χ4v) is 2.79. The lowest BCUT2D eigenvalue weighted by molar-refractivity contribution is -0.117. The third kappa shape index (κ3) is 12.9. The zero-order valence-electron chi connectivity index (χ0n) is 18.4. The van der Waals surface area contributed by atoms with Crippen LogP contribution in [0.4, 0.5) is 0 Å². The molecular formula is C19H39N5O3S. The number of likely N-dealkylation sites (N-methyl/N-ethyl adjacent to an activating group) is 2. The summed E-state index contributed by atoms with van der Waals surface area (Å²) >= 11 is 0. The number of nitrogens with zero attached hydrogens (tertiary/aromatic N) is 3. The molecule has 1 amide bonds. The largest absolute Gasteiger partial charge is 0.394 e. The molecule has 0 bridgehead atoms. The van der Waals surface area contributed by atoms with Gasteiger partial charge in [0.05, 0.1) is 6.26 Å². The van der Waals surface area contributed by atoms with E-state index in [1.54, 1.807) is 26.4 Å². The topological polar surface area (TPSA) is 85.0 Å². The zero-order chi connectivity index (χ0) is 21.6. The minimum Gasteiger partial charge on any atom is -0.394 e. The number of rotatable bonds is 15. The van der Waals surface area contributed by atoms with Gasteiger partial charge < -0.3 is 20.4 Å². The van der Waals surface area contributed by atoms with Crippen LogP contribution in [0.5, 0.6) is 0 Å². The Balaban J connectivity index is 4.57. The van der Waals surface area contributed by atoms with E-state index < -0.39 is 10.0 Å². The molecule has 2 N–H and O–H groups in total. The predicted molar refractivity (Wildman–Crippen MR) is 117 cm³/mol. The van der Waals surface area contributed by atoms with E-state index in [0.717, 1.165) is 25.9 Å². The van der Waals surface area contributed by atoms with Crippen molar-refractivity contribution in [1.29, 1.82) is 0 Å². The maximum absolute atomic E-state index is 12.5. The smallest absolute Gasteiger partial charge is 0.251 e. The van der Waals surface area contributed by atoms with Gasteiger partial charge in [-0.25, -0.2) is 12.7 Å². The number of nitrogens with one attached hydrogen (secondary N) is 2. The van der Waals surface area contributed by atoms with Crippen molar-refractivity contribution in [2.75, 3.05) is 73.7 Å². The highest BCUT2D eigenvalue weighted by Crippen LogP contribution is 2.00. The highest BCUT2D eigenvalue weighted by atomic mass is 32.2. The highest BCUT2D eigenvalue weighted by Gasteiger charge is 2.11. The first-order valence-electron chi connectivity index (χ1n) is 9.72. The van der Waals surface area contributed by atoms with E-state index in [1.165, 1.54) is 10.6 Å². The summed E-state index contributed by atoms with van der Waals surface area (Å²) in [5.41, 5.74) is 0.583. The van der Waals surface area contributed by atoms with E-state index in [1.807, 2.05) is 18.0 Å². The van der Waals surface area contributed by atoms with Gasteiger partial charge in [-0.3, -0.25) is 4.79 Å².